The molecule has 0 aromatic carbocycles. The first-order valence-electron chi connectivity index (χ1n) is 10.8. The van der Waals surface area contributed by atoms with E-state index in [4.69, 9.17) is 4.74 Å². The van der Waals surface area contributed by atoms with Crippen LogP contribution >= 0.6 is 0 Å². The van der Waals surface area contributed by atoms with Gasteiger partial charge in [-0.1, -0.05) is 26.3 Å². The third-order valence-electron chi connectivity index (χ3n) is 9.84. The zero-order valence-electron chi connectivity index (χ0n) is 16.5. The predicted molar refractivity (Wildman–Crippen MR) is 99.3 cm³/mol. The van der Waals surface area contributed by atoms with Gasteiger partial charge in [0.25, 0.3) is 0 Å². The van der Waals surface area contributed by atoms with Crippen molar-refractivity contribution < 1.29 is 14.3 Å². The highest BCUT2D eigenvalue weighted by atomic mass is 16.6. The number of fused-ring (bicyclic) bond motifs is 6. The third kappa shape index (κ3) is 1.90. The fourth-order valence-electron chi connectivity index (χ4n) is 8.24. The van der Waals surface area contributed by atoms with Crippen LogP contribution in [0.15, 0.2) is 11.6 Å². The number of ether oxygens (including phenoxy) is 1. The Morgan fingerprint density at radius 3 is 2.50 bits per heavy atom. The van der Waals surface area contributed by atoms with Gasteiger partial charge >= 0.3 is 5.97 Å². The number of esters is 1. The monoisotopic (exact) mass is 356 g/mol. The molecule has 3 nitrogen and oxygen atoms in total. The van der Waals surface area contributed by atoms with Gasteiger partial charge in [-0.3, -0.25) is 9.59 Å². The van der Waals surface area contributed by atoms with E-state index < -0.39 is 0 Å². The first-order valence-corrected chi connectivity index (χ1v) is 10.8. The lowest BCUT2D eigenvalue weighted by molar-refractivity contribution is -0.169. The third-order valence-corrected chi connectivity index (χ3v) is 9.84. The van der Waals surface area contributed by atoms with Gasteiger partial charge in [0, 0.05) is 18.3 Å². The number of carbonyl (C=O) groups is 2. The zero-order chi connectivity index (χ0) is 18.3. The molecule has 1 aliphatic heterocycles. The molecule has 142 valence electrons. The van der Waals surface area contributed by atoms with Gasteiger partial charge < -0.3 is 4.74 Å². The Hall–Kier alpha value is -1.12. The lowest BCUT2D eigenvalue weighted by atomic mass is 9.44. The Kier molecular flexibility index (Phi) is 3.42. The minimum atomic E-state index is -0.176. The van der Waals surface area contributed by atoms with Crippen molar-refractivity contribution in [2.24, 2.45) is 34.5 Å². The molecule has 3 saturated carbocycles. The molecule has 26 heavy (non-hydrogen) atoms. The van der Waals surface area contributed by atoms with Crippen LogP contribution in [0.25, 0.3) is 0 Å². The van der Waals surface area contributed by atoms with Gasteiger partial charge in [-0.15, -0.1) is 0 Å². The van der Waals surface area contributed by atoms with Crippen molar-refractivity contribution in [1.82, 2.24) is 0 Å². The molecule has 1 saturated heterocycles. The van der Waals surface area contributed by atoms with E-state index >= 15 is 0 Å². The molecular formula is C23H32O3. The number of hydrogen-bond acceptors (Lipinski definition) is 3. The average molecular weight is 357 g/mol. The number of allylic oxidation sites excluding steroid dienone is 1. The zero-order valence-corrected chi connectivity index (χ0v) is 16.5. The summed E-state index contributed by atoms with van der Waals surface area (Å²) in [5, 5.41) is 0. The molecule has 3 heteroatoms. The smallest absolute Gasteiger partial charge is 0.306 e. The average Bonchev–Trinajstić information content (AvgIpc) is 3.10. The topological polar surface area (TPSA) is 43.4 Å². The van der Waals surface area contributed by atoms with E-state index in [0.717, 1.165) is 25.2 Å². The summed E-state index contributed by atoms with van der Waals surface area (Å²) >= 11 is 0. The van der Waals surface area contributed by atoms with Gasteiger partial charge in [-0.2, -0.15) is 0 Å². The summed E-state index contributed by atoms with van der Waals surface area (Å²) in [4.78, 5) is 24.1. The molecule has 1 heterocycles. The van der Waals surface area contributed by atoms with Crippen LogP contribution < -0.4 is 0 Å². The molecule has 5 aliphatic rings. The SMILES string of the molecule is C[C@H]1CC(=O)C=C2CCC3C(CCC4(C)C3CCC43CCC(=O)O3)C21C. The lowest BCUT2D eigenvalue weighted by Crippen LogP contribution is -2.56. The van der Waals surface area contributed by atoms with Gasteiger partial charge in [-0.05, 0) is 80.1 Å². The Morgan fingerprint density at radius 2 is 1.77 bits per heavy atom. The Morgan fingerprint density at radius 1 is 1.00 bits per heavy atom. The van der Waals surface area contributed by atoms with E-state index in [-0.39, 0.29) is 22.4 Å². The minimum absolute atomic E-state index is 0.0224. The quantitative estimate of drug-likeness (QED) is 0.583. The second kappa shape index (κ2) is 5.23. The molecule has 0 aromatic rings. The van der Waals surface area contributed by atoms with Crippen LogP contribution in [-0.2, 0) is 14.3 Å². The standard InChI is InChI=1S/C23H32O3/c1-14-12-16(24)13-15-4-5-17-18-7-10-23(11-8-20(25)26-23)21(18,2)9-6-19(17)22(14,15)3/h13-14,17-19H,4-12H2,1-3H3/t14-,17?,18?,19?,21?,22?,23?/m0/s1. The summed E-state index contributed by atoms with van der Waals surface area (Å²) in [7, 11) is 0. The lowest BCUT2D eigenvalue weighted by Gasteiger charge is -2.60. The highest BCUT2D eigenvalue weighted by Gasteiger charge is 2.67. The van der Waals surface area contributed by atoms with Crippen molar-refractivity contribution >= 4 is 11.8 Å². The number of carbonyl (C=O) groups excluding carboxylic acids is 2. The van der Waals surface area contributed by atoms with Crippen molar-refractivity contribution in [1.29, 1.82) is 0 Å². The highest BCUT2D eigenvalue weighted by molar-refractivity contribution is 5.92. The van der Waals surface area contributed by atoms with Crippen molar-refractivity contribution in [2.75, 3.05) is 0 Å². The van der Waals surface area contributed by atoms with Crippen LogP contribution in [-0.4, -0.2) is 17.4 Å². The number of ketones is 1. The van der Waals surface area contributed by atoms with Crippen LogP contribution in [0.4, 0.5) is 0 Å². The van der Waals surface area contributed by atoms with Crippen molar-refractivity contribution in [2.45, 2.75) is 84.2 Å². The highest BCUT2D eigenvalue weighted by Crippen LogP contribution is 2.70. The van der Waals surface area contributed by atoms with E-state index in [1.165, 1.54) is 31.3 Å². The van der Waals surface area contributed by atoms with Crippen molar-refractivity contribution in [3.63, 3.8) is 0 Å². The summed E-state index contributed by atoms with van der Waals surface area (Å²) < 4.78 is 6.03. The second-order valence-electron chi connectivity index (χ2n) is 10.4. The fraction of sp³-hybridized carbons (Fsp3) is 0.826. The molecule has 0 N–H and O–H groups in total. The fourth-order valence-corrected chi connectivity index (χ4v) is 8.24. The molecule has 5 rings (SSSR count). The molecule has 6 unspecified atom stereocenters. The molecule has 0 aromatic heterocycles. The van der Waals surface area contributed by atoms with Gasteiger partial charge in [0.05, 0.1) is 0 Å². The number of rotatable bonds is 0. The maximum absolute atomic E-state index is 12.1. The van der Waals surface area contributed by atoms with Crippen molar-refractivity contribution in [3.05, 3.63) is 11.6 Å². The van der Waals surface area contributed by atoms with Gasteiger partial charge in [-0.25, -0.2) is 0 Å². The van der Waals surface area contributed by atoms with Crippen LogP contribution in [0.5, 0.6) is 0 Å². The normalized spacial score (nSPS) is 53.0. The van der Waals surface area contributed by atoms with Gasteiger partial charge in [0.15, 0.2) is 5.78 Å². The van der Waals surface area contributed by atoms with E-state index in [2.05, 4.69) is 20.8 Å². The largest absolute Gasteiger partial charge is 0.458 e. The first-order chi connectivity index (χ1) is 12.3. The van der Waals surface area contributed by atoms with Crippen LogP contribution in [0.1, 0.15) is 78.6 Å². The maximum Gasteiger partial charge on any atom is 0.306 e. The second-order valence-corrected chi connectivity index (χ2v) is 10.4. The van der Waals surface area contributed by atoms with Crippen molar-refractivity contribution in [3.8, 4) is 0 Å². The molecule has 1 spiro atoms. The molecule has 0 amide bonds. The molecule has 0 radical (unpaired) electrons. The summed E-state index contributed by atoms with van der Waals surface area (Å²) in [6.07, 6.45) is 11.3. The van der Waals surface area contributed by atoms with Gasteiger partial charge in [0.1, 0.15) is 5.60 Å². The van der Waals surface area contributed by atoms with E-state index in [1.54, 1.807) is 0 Å². The summed E-state index contributed by atoms with van der Waals surface area (Å²) in [5.74, 6) is 2.90. The van der Waals surface area contributed by atoms with E-state index in [0.29, 0.717) is 36.4 Å². The maximum atomic E-state index is 12.1. The van der Waals surface area contributed by atoms with Gasteiger partial charge in [0.2, 0.25) is 0 Å². The summed E-state index contributed by atoms with van der Waals surface area (Å²) in [6.45, 7) is 7.19. The van der Waals surface area contributed by atoms with Crippen LogP contribution in [0.2, 0.25) is 0 Å². The Bertz CT molecular complexity index is 708. The minimum Gasteiger partial charge on any atom is -0.458 e. The molecule has 0 bridgehead atoms. The Balaban J connectivity index is 1.51. The van der Waals surface area contributed by atoms with Crippen LogP contribution in [0.3, 0.4) is 0 Å². The van der Waals surface area contributed by atoms with E-state index in [9.17, 15) is 9.59 Å². The summed E-state index contributed by atoms with van der Waals surface area (Å²) in [6, 6.07) is 0. The van der Waals surface area contributed by atoms with Crippen LogP contribution in [0, 0.1) is 34.5 Å². The molecular weight excluding hydrogens is 324 g/mol. The predicted octanol–water partition coefficient (Wildman–Crippen LogP) is 4.84. The molecule has 4 aliphatic carbocycles. The number of hydrogen-bond donors (Lipinski definition) is 0. The summed E-state index contributed by atoms with van der Waals surface area (Å²) in [5.41, 5.74) is 1.61. The Labute approximate surface area is 156 Å². The molecule has 4 fully saturated rings. The van der Waals surface area contributed by atoms with E-state index in [1.807, 2.05) is 6.08 Å². The first kappa shape index (κ1) is 17.0. The molecule has 7 atom stereocenters.